The van der Waals surface area contributed by atoms with Crippen LogP contribution in [0.1, 0.15) is 29.8 Å². The molecule has 0 spiro atoms. The molecule has 1 aliphatic rings. The first-order valence-electron chi connectivity index (χ1n) is 10.4. The Hall–Kier alpha value is -2.31. The van der Waals surface area contributed by atoms with E-state index in [1.165, 1.54) is 54.8 Å². The maximum Gasteiger partial charge on any atom is 0.255 e. The molecule has 0 aromatic heterocycles. The molecule has 1 fully saturated rings. The van der Waals surface area contributed by atoms with Crippen molar-refractivity contribution in [2.75, 3.05) is 32.5 Å². The van der Waals surface area contributed by atoms with Gasteiger partial charge in [-0.2, -0.15) is 4.31 Å². The van der Waals surface area contributed by atoms with Crippen molar-refractivity contribution in [2.24, 2.45) is 0 Å². The number of ether oxygens (including phenoxy) is 1. The molecule has 2 aromatic rings. The zero-order valence-electron chi connectivity index (χ0n) is 19.3. The summed E-state index contributed by atoms with van der Waals surface area (Å²) in [4.78, 5) is 13.0. The molecular weight excluding hydrogens is 466 g/mol. The largest absolute Gasteiger partial charge is 0.373 e. The van der Waals surface area contributed by atoms with Crippen LogP contribution >= 0.6 is 0 Å². The number of sulfonamides is 2. The lowest BCUT2D eigenvalue weighted by atomic mass is 10.1. The fraction of sp³-hybridized carbons (Fsp3) is 0.409. The molecule has 1 aliphatic heterocycles. The molecule has 1 saturated heterocycles. The monoisotopic (exact) mass is 495 g/mol. The Morgan fingerprint density at radius 3 is 2.24 bits per heavy atom. The minimum Gasteiger partial charge on any atom is -0.373 e. The molecule has 180 valence electrons. The van der Waals surface area contributed by atoms with Crippen molar-refractivity contribution >= 4 is 31.6 Å². The predicted molar refractivity (Wildman–Crippen MR) is 125 cm³/mol. The number of hydrogen-bond acceptors (Lipinski definition) is 6. The lowest BCUT2D eigenvalue weighted by Crippen LogP contribution is -2.48. The predicted octanol–water partition coefficient (Wildman–Crippen LogP) is 2.30. The van der Waals surface area contributed by atoms with E-state index in [1.807, 2.05) is 13.8 Å². The van der Waals surface area contributed by atoms with E-state index >= 15 is 0 Å². The van der Waals surface area contributed by atoms with Gasteiger partial charge in [-0.3, -0.25) is 4.79 Å². The standard InChI is InChI=1S/C22H29N3O6S2/c1-15-9-10-20(32(27,28)24(4)5)12-21(15)23-22(26)18-7-6-8-19(11-18)33(29,30)25-13-16(2)31-17(3)14-25/h6-12,16-17H,13-14H2,1-5H3,(H,23,26)/t16-,17-/m0/s1. The van der Waals surface area contributed by atoms with Crippen molar-refractivity contribution in [1.82, 2.24) is 8.61 Å². The van der Waals surface area contributed by atoms with Crippen LogP contribution in [0, 0.1) is 6.92 Å². The van der Waals surface area contributed by atoms with Crippen LogP contribution in [0.25, 0.3) is 0 Å². The molecule has 1 heterocycles. The van der Waals surface area contributed by atoms with Crippen molar-refractivity contribution in [3.05, 3.63) is 53.6 Å². The smallest absolute Gasteiger partial charge is 0.255 e. The summed E-state index contributed by atoms with van der Waals surface area (Å²) in [6.07, 6.45) is -0.465. The molecule has 33 heavy (non-hydrogen) atoms. The number of nitrogens with zero attached hydrogens (tertiary/aromatic N) is 2. The van der Waals surface area contributed by atoms with Gasteiger partial charge in [0.1, 0.15) is 0 Å². The molecule has 2 atom stereocenters. The van der Waals surface area contributed by atoms with Gasteiger partial charge in [0.25, 0.3) is 5.91 Å². The van der Waals surface area contributed by atoms with Crippen LogP contribution in [-0.2, 0) is 24.8 Å². The summed E-state index contributed by atoms with van der Waals surface area (Å²) in [5.74, 6) is -0.543. The molecule has 0 bridgehead atoms. The Balaban J connectivity index is 1.88. The van der Waals surface area contributed by atoms with E-state index in [0.29, 0.717) is 11.3 Å². The summed E-state index contributed by atoms with van der Waals surface area (Å²) < 4.78 is 59.2. The number of morpholine rings is 1. The van der Waals surface area contributed by atoms with Crippen LogP contribution in [0.2, 0.25) is 0 Å². The van der Waals surface area contributed by atoms with Crippen molar-refractivity contribution < 1.29 is 26.4 Å². The first-order chi connectivity index (χ1) is 15.3. The van der Waals surface area contributed by atoms with Crippen LogP contribution in [-0.4, -0.2) is 70.7 Å². The van der Waals surface area contributed by atoms with Gasteiger partial charge < -0.3 is 10.1 Å². The van der Waals surface area contributed by atoms with Gasteiger partial charge in [-0.15, -0.1) is 0 Å². The first kappa shape index (κ1) is 25.3. The number of aryl methyl sites for hydroxylation is 1. The average Bonchev–Trinajstić information content (AvgIpc) is 2.74. The molecule has 0 radical (unpaired) electrons. The molecule has 9 nitrogen and oxygen atoms in total. The molecule has 0 aliphatic carbocycles. The Kier molecular flexibility index (Phi) is 7.30. The Morgan fingerprint density at radius 1 is 1.00 bits per heavy atom. The van der Waals surface area contributed by atoms with Gasteiger partial charge in [0.05, 0.1) is 22.0 Å². The summed E-state index contributed by atoms with van der Waals surface area (Å²) in [7, 11) is -4.64. The normalized spacial score (nSPS) is 20.1. The SMILES string of the molecule is Cc1ccc(S(=O)(=O)N(C)C)cc1NC(=O)c1cccc(S(=O)(=O)N2C[C@H](C)O[C@@H](C)C2)c1. The van der Waals surface area contributed by atoms with Crippen LogP contribution < -0.4 is 5.32 Å². The number of hydrogen-bond donors (Lipinski definition) is 1. The summed E-state index contributed by atoms with van der Waals surface area (Å²) in [6.45, 7) is 5.83. The van der Waals surface area contributed by atoms with Gasteiger partial charge in [-0.05, 0) is 56.7 Å². The van der Waals surface area contributed by atoms with E-state index in [-0.39, 0.29) is 40.7 Å². The Morgan fingerprint density at radius 2 is 1.64 bits per heavy atom. The third-order valence-corrected chi connectivity index (χ3v) is 8.99. The number of rotatable bonds is 6. The van der Waals surface area contributed by atoms with Crippen molar-refractivity contribution in [3.8, 4) is 0 Å². The second-order valence-electron chi connectivity index (χ2n) is 8.33. The van der Waals surface area contributed by atoms with Crippen LogP contribution in [0.15, 0.2) is 52.3 Å². The van der Waals surface area contributed by atoms with Crippen LogP contribution in [0.5, 0.6) is 0 Å². The van der Waals surface area contributed by atoms with E-state index in [9.17, 15) is 21.6 Å². The Bertz CT molecular complexity index is 1250. The van der Waals surface area contributed by atoms with E-state index in [4.69, 9.17) is 4.74 Å². The highest BCUT2D eigenvalue weighted by Gasteiger charge is 2.32. The number of anilines is 1. The molecule has 0 unspecified atom stereocenters. The third-order valence-electron chi connectivity index (χ3n) is 5.36. The second-order valence-corrected chi connectivity index (χ2v) is 12.4. The summed E-state index contributed by atoms with van der Waals surface area (Å²) in [6, 6.07) is 10.3. The van der Waals surface area contributed by atoms with E-state index in [2.05, 4.69) is 5.32 Å². The van der Waals surface area contributed by atoms with Crippen LogP contribution in [0.4, 0.5) is 5.69 Å². The second kappa shape index (κ2) is 9.51. The number of nitrogens with one attached hydrogen (secondary N) is 1. The van der Waals surface area contributed by atoms with Gasteiger partial charge >= 0.3 is 0 Å². The van der Waals surface area contributed by atoms with Crippen molar-refractivity contribution in [1.29, 1.82) is 0 Å². The van der Waals surface area contributed by atoms with Crippen LogP contribution in [0.3, 0.4) is 0 Å². The van der Waals surface area contributed by atoms with E-state index < -0.39 is 26.0 Å². The molecule has 0 saturated carbocycles. The van der Waals surface area contributed by atoms with Gasteiger partial charge in [-0.1, -0.05) is 12.1 Å². The maximum absolute atomic E-state index is 13.2. The lowest BCUT2D eigenvalue weighted by molar-refractivity contribution is -0.0440. The zero-order chi connectivity index (χ0) is 24.6. The summed E-state index contributed by atoms with van der Waals surface area (Å²) >= 11 is 0. The fourth-order valence-corrected chi connectivity index (χ4v) is 6.14. The maximum atomic E-state index is 13.2. The van der Waals surface area contributed by atoms with E-state index in [0.717, 1.165) is 4.31 Å². The molecule has 1 N–H and O–H groups in total. The molecule has 11 heteroatoms. The molecule has 3 rings (SSSR count). The zero-order valence-corrected chi connectivity index (χ0v) is 20.9. The number of carbonyl (C=O) groups excluding carboxylic acids is 1. The highest BCUT2D eigenvalue weighted by molar-refractivity contribution is 7.89. The molecular formula is C22H29N3O6S2. The number of carbonyl (C=O) groups is 1. The van der Waals surface area contributed by atoms with Gasteiger partial charge in [0.2, 0.25) is 20.0 Å². The number of benzene rings is 2. The van der Waals surface area contributed by atoms with E-state index in [1.54, 1.807) is 13.0 Å². The minimum atomic E-state index is -3.81. The number of amides is 1. The quantitative estimate of drug-likeness (QED) is 0.658. The first-order valence-corrected chi connectivity index (χ1v) is 13.3. The fourth-order valence-electron chi connectivity index (χ4n) is 3.58. The third kappa shape index (κ3) is 5.44. The average molecular weight is 496 g/mol. The topological polar surface area (TPSA) is 113 Å². The molecule has 2 aromatic carbocycles. The van der Waals surface area contributed by atoms with Gasteiger partial charge in [0.15, 0.2) is 0 Å². The minimum absolute atomic E-state index is 0.0112. The lowest BCUT2D eigenvalue weighted by Gasteiger charge is -2.34. The molecule has 1 amide bonds. The van der Waals surface area contributed by atoms with Crippen molar-refractivity contribution in [2.45, 2.75) is 42.8 Å². The summed E-state index contributed by atoms with van der Waals surface area (Å²) in [5, 5.41) is 2.70. The highest BCUT2D eigenvalue weighted by Crippen LogP contribution is 2.25. The Labute approximate surface area is 195 Å². The van der Waals surface area contributed by atoms with Crippen molar-refractivity contribution in [3.63, 3.8) is 0 Å². The van der Waals surface area contributed by atoms with Gasteiger partial charge in [-0.25, -0.2) is 21.1 Å². The van der Waals surface area contributed by atoms with Gasteiger partial charge in [0, 0.05) is 38.4 Å². The highest BCUT2D eigenvalue weighted by atomic mass is 32.2. The summed E-state index contributed by atoms with van der Waals surface area (Å²) in [5.41, 5.74) is 1.14.